The number of nitrogens with zero attached hydrogens (tertiary/aromatic N) is 1. The number of amides is 2. The predicted octanol–water partition coefficient (Wildman–Crippen LogP) is 3.93. The van der Waals surface area contributed by atoms with E-state index < -0.39 is 0 Å². The van der Waals surface area contributed by atoms with Gasteiger partial charge in [-0.1, -0.05) is 61.9 Å². The van der Waals surface area contributed by atoms with Crippen LogP contribution >= 0.6 is 0 Å². The lowest BCUT2D eigenvalue weighted by atomic mass is 10.0. The highest BCUT2D eigenvalue weighted by molar-refractivity contribution is 5.94. The van der Waals surface area contributed by atoms with Gasteiger partial charge in [-0.2, -0.15) is 0 Å². The van der Waals surface area contributed by atoms with Crippen LogP contribution in [-0.4, -0.2) is 41.9 Å². The van der Waals surface area contributed by atoms with Crippen molar-refractivity contribution >= 4 is 11.8 Å². The smallest absolute Gasteiger partial charge is 0.251 e. The van der Waals surface area contributed by atoms with Crippen LogP contribution < -0.4 is 10.6 Å². The highest BCUT2D eigenvalue weighted by Gasteiger charge is 2.28. The summed E-state index contributed by atoms with van der Waals surface area (Å²) in [5, 5.41) is 6.37. The molecule has 160 valence electrons. The number of hydrogen-bond donors (Lipinski definition) is 2. The van der Waals surface area contributed by atoms with E-state index in [4.69, 9.17) is 0 Å². The summed E-state index contributed by atoms with van der Waals surface area (Å²) in [5.74, 6) is 0.0502. The number of carbonyl (C=O) groups excluding carboxylic acids is 2. The fourth-order valence-corrected chi connectivity index (χ4v) is 4.04. The van der Waals surface area contributed by atoms with Gasteiger partial charge in [-0.15, -0.1) is 0 Å². The van der Waals surface area contributed by atoms with E-state index in [1.165, 1.54) is 0 Å². The molecule has 1 aliphatic rings. The molecular weight excluding hydrogens is 374 g/mol. The lowest BCUT2D eigenvalue weighted by molar-refractivity contribution is -0.127. The molecule has 2 aromatic carbocycles. The van der Waals surface area contributed by atoms with Gasteiger partial charge in [0.05, 0.1) is 12.1 Å². The molecule has 30 heavy (non-hydrogen) atoms. The second-order valence-electron chi connectivity index (χ2n) is 8.09. The van der Waals surface area contributed by atoms with Gasteiger partial charge in [0, 0.05) is 24.7 Å². The molecule has 2 unspecified atom stereocenters. The molecule has 2 amide bonds. The van der Waals surface area contributed by atoms with Crippen LogP contribution in [0.2, 0.25) is 0 Å². The molecule has 5 nitrogen and oxygen atoms in total. The molecule has 0 saturated carbocycles. The van der Waals surface area contributed by atoms with Crippen LogP contribution in [0.25, 0.3) is 0 Å². The second-order valence-corrected chi connectivity index (χ2v) is 8.09. The van der Waals surface area contributed by atoms with Gasteiger partial charge in [0.15, 0.2) is 0 Å². The molecule has 1 aliphatic heterocycles. The van der Waals surface area contributed by atoms with Crippen molar-refractivity contribution in [1.29, 1.82) is 0 Å². The average molecular weight is 408 g/mol. The van der Waals surface area contributed by atoms with Crippen LogP contribution in [0.1, 0.15) is 61.5 Å². The number of piperidine rings is 1. The molecule has 0 radical (unpaired) electrons. The molecule has 5 heteroatoms. The number of hydrogen-bond acceptors (Lipinski definition) is 3. The summed E-state index contributed by atoms with van der Waals surface area (Å²) in [7, 11) is 0. The van der Waals surface area contributed by atoms with E-state index >= 15 is 0 Å². The van der Waals surface area contributed by atoms with Gasteiger partial charge < -0.3 is 10.6 Å². The van der Waals surface area contributed by atoms with Gasteiger partial charge in [-0.3, -0.25) is 14.5 Å². The molecule has 0 spiro atoms. The van der Waals surface area contributed by atoms with Gasteiger partial charge in [0.2, 0.25) is 5.91 Å². The number of carbonyl (C=O) groups is 2. The molecule has 0 bridgehead atoms. The summed E-state index contributed by atoms with van der Waals surface area (Å²) in [6, 6.07) is 19.5. The SMILES string of the molecule is CCCC(NC(=O)C(C)N1CCC(NC(=O)c2ccccc2)CC1)c1ccccc1. The van der Waals surface area contributed by atoms with Crippen LogP contribution in [0.15, 0.2) is 60.7 Å². The summed E-state index contributed by atoms with van der Waals surface area (Å²) in [5.41, 5.74) is 1.85. The van der Waals surface area contributed by atoms with Gasteiger partial charge >= 0.3 is 0 Å². The first-order chi connectivity index (χ1) is 14.6. The third kappa shape index (κ3) is 5.92. The summed E-state index contributed by atoms with van der Waals surface area (Å²) in [6.45, 7) is 5.72. The van der Waals surface area contributed by atoms with Crippen molar-refractivity contribution in [2.75, 3.05) is 13.1 Å². The van der Waals surface area contributed by atoms with Crippen LogP contribution in [0, 0.1) is 0 Å². The van der Waals surface area contributed by atoms with Crippen molar-refractivity contribution in [2.45, 2.75) is 57.7 Å². The van der Waals surface area contributed by atoms with E-state index in [2.05, 4.69) is 34.6 Å². The van der Waals surface area contributed by atoms with Crippen molar-refractivity contribution in [3.63, 3.8) is 0 Å². The first-order valence-electron chi connectivity index (χ1n) is 11.0. The summed E-state index contributed by atoms with van der Waals surface area (Å²) >= 11 is 0. The van der Waals surface area contributed by atoms with Gasteiger partial charge in [-0.05, 0) is 43.9 Å². The van der Waals surface area contributed by atoms with E-state index in [0.717, 1.165) is 44.3 Å². The summed E-state index contributed by atoms with van der Waals surface area (Å²) < 4.78 is 0. The zero-order valence-electron chi connectivity index (χ0n) is 18.0. The van der Waals surface area contributed by atoms with E-state index in [9.17, 15) is 9.59 Å². The van der Waals surface area contributed by atoms with Gasteiger partial charge in [0.25, 0.3) is 5.91 Å². The minimum Gasteiger partial charge on any atom is -0.349 e. The lowest BCUT2D eigenvalue weighted by Crippen LogP contribution is -2.52. The number of likely N-dealkylation sites (tertiary alicyclic amines) is 1. The van der Waals surface area contributed by atoms with Crippen LogP contribution in [0.4, 0.5) is 0 Å². The first kappa shape index (κ1) is 22.0. The van der Waals surface area contributed by atoms with Crippen molar-refractivity contribution in [1.82, 2.24) is 15.5 Å². The number of benzene rings is 2. The fourth-order valence-electron chi connectivity index (χ4n) is 4.04. The Balaban J connectivity index is 1.49. The Morgan fingerprint density at radius 1 is 1.00 bits per heavy atom. The molecule has 1 saturated heterocycles. The third-order valence-electron chi connectivity index (χ3n) is 5.92. The Morgan fingerprint density at radius 2 is 1.60 bits per heavy atom. The average Bonchev–Trinajstić information content (AvgIpc) is 2.80. The highest BCUT2D eigenvalue weighted by atomic mass is 16.2. The summed E-state index contributed by atoms with van der Waals surface area (Å²) in [6.07, 6.45) is 3.65. The molecule has 2 N–H and O–H groups in total. The molecule has 1 fully saturated rings. The predicted molar refractivity (Wildman–Crippen MR) is 120 cm³/mol. The van der Waals surface area contributed by atoms with Crippen molar-refractivity contribution in [2.24, 2.45) is 0 Å². The molecular formula is C25H33N3O2. The Hall–Kier alpha value is -2.66. The number of rotatable bonds is 8. The standard InChI is InChI=1S/C25H33N3O2/c1-3-10-23(20-11-6-4-7-12-20)27-24(29)19(2)28-17-15-22(16-18-28)26-25(30)21-13-8-5-9-14-21/h4-9,11-14,19,22-23H,3,10,15-18H2,1-2H3,(H,26,30)(H,27,29). The molecule has 1 heterocycles. The van der Waals surface area contributed by atoms with Crippen LogP contribution in [-0.2, 0) is 4.79 Å². The zero-order valence-corrected chi connectivity index (χ0v) is 18.0. The maximum atomic E-state index is 12.9. The van der Waals surface area contributed by atoms with E-state index in [1.54, 1.807) is 0 Å². The maximum Gasteiger partial charge on any atom is 0.251 e. The Morgan fingerprint density at radius 3 is 2.20 bits per heavy atom. The van der Waals surface area contributed by atoms with Crippen LogP contribution in [0.5, 0.6) is 0 Å². The highest BCUT2D eigenvalue weighted by Crippen LogP contribution is 2.20. The molecule has 3 rings (SSSR count). The quantitative estimate of drug-likeness (QED) is 0.697. The van der Waals surface area contributed by atoms with Gasteiger partial charge in [-0.25, -0.2) is 0 Å². The van der Waals surface area contributed by atoms with E-state index in [-0.39, 0.29) is 29.9 Å². The first-order valence-corrected chi connectivity index (χ1v) is 11.0. The normalized spacial score (nSPS) is 17.1. The summed E-state index contributed by atoms with van der Waals surface area (Å²) in [4.78, 5) is 27.5. The van der Waals surface area contributed by atoms with Crippen molar-refractivity contribution in [3.8, 4) is 0 Å². The molecule has 0 aromatic heterocycles. The fraction of sp³-hybridized carbons (Fsp3) is 0.440. The maximum absolute atomic E-state index is 12.9. The third-order valence-corrected chi connectivity index (χ3v) is 5.92. The van der Waals surface area contributed by atoms with Gasteiger partial charge in [0.1, 0.15) is 0 Å². The number of nitrogens with one attached hydrogen (secondary N) is 2. The molecule has 2 atom stereocenters. The minimum absolute atomic E-state index is 0.0230. The Labute approximate surface area is 179 Å². The zero-order chi connectivity index (χ0) is 21.3. The monoisotopic (exact) mass is 407 g/mol. The second kappa shape index (κ2) is 10.9. The molecule has 0 aliphatic carbocycles. The Bertz CT molecular complexity index is 802. The van der Waals surface area contributed by atoms with E-state index in [1.807, 2.05) is 55.5 Å². The Kier molecular flexibility index (Phi) is 8.03. The van der Waals surface area contributed by atoms with Crippen LogP contribution in [0.3, 0.4) is 0 Å². The lowest BCUT2D eigenvalue weighted by Gasteiger charge is -2.36. The minimum atomic E-state index is -0.182. The molecule has 2 aromatic rings. The van der Waals surface area contributed by atoms with E-state index in [0.29, 0.717) is 5.56 Å². The van der Waals surface area contributed by atoms with Crippen molar-refractivity contribution in [3.05, 3.63) is 71.8 Å². The topological polar surface area (TPSA) is 61.4 Å². The largest absolute Gasteiger partial charge is 0.349 e. The van der Waals surface area contributed by atoms with Crippen molar-refractivity contribution < 1.29 is 9.59 Å².